The molecule has 1 rings (SSSR count). The average molecular weight is 233 g/mol. The van der Waals surface area contributed by atoms with E-state index in [1.54, 1.807) is 6.07 Å². The zero-order valence-corrected chi connectivity index (χ0v) is 8.24. The normalized spacial score (nSPS) is 9.73. The Bertz CT molecular complexity index is 296. The molecule has 3 heteroatoms. The van der Waals surface area contributed by atoms with Crippen LogP contribution < -0.4 is 0 Å². The standard InChI is InChI=1S/C8H6BrClO/c1-5-2-6(4-11)8(10)7(9)3-5/h2-4H,1H3. The summed E-state index contributed by atoms with van der Waals surface area (Å²) in [5.41, 5.74) is 1.54. The zero-order valence-electron chi connectivity index (χ0n) is 5.90. The fourth-order valence-corrected chi connectivity index (χ4v) is 1.58. The van der Waals surface area contributed by atoms with Gasteiger partial charge in [-0.3, -0.25) is 4.79 Å². The highest BCUT2D eigenvalue weighted by molar-refractivity contribution is 9.10. The van der Waals surface area contributed by atoms with E-state index < -0.39 is 0 Å². The summed E-state index contributed by atoms with van der Waals surface area (Å²) in [6.45, 7) is 1.91. The van der Waals surface area contributed by atoms with Gasteiger partial charge in [0.25, 0.3) is 0 Å². The van der Waals surface area contributed by atoms with E-state index in [0.717, 1.165) is 16.3 Å². The lowest BCUT2D eigenvalue weighted by Gasteiger charge is -2.00. The third-order valence-electron chi connectivity index (χ3n) is 1.33. The van der Waals surface area contributed by atoms with Gasteiger partial charge in [0.15, 0.2) is 6.29 Å². The van der Waals surface area contributed by atoms with Crippen molar-refractivity contribution in [1.82, 2.24) is 0 Å². The molecule has 0 aliphatic carbocycles. The van der Waals surface area contributed by atoms with E-state index in [0.29, 0.717) is 10.6 Å². The summed E-state index contributed by atoms with van der Waals surface area (Å²) in [5, 5.41) is 0.477. The van der Waals surface area contributed by atoms with Gasteiger partial charge in [-0.2, -0.15) is 0 Å². The van der Waals surface area contributed by atoms with Crippen molar-refractivity contribution >= 4 is 33.8 Å². The topological polar surface area (TPSA) is 17.1 Å². The minimum Gasteiger partial charge on any atom is -0.298 e. The monoisotopic (exact) mass is 232 g/mol. The molecule has 0 aromatic heterocycles. The Morgan fingerprint density at radius 1 is 1.55 bits per heavy atom. The Labute approximate surface area is 78.5 Å². The maximum absolute atomic E-state index is 10.4. The molecule has 0 heterocycles. The Morgan fingerprint density at radius 2 is 2.18 bits per heavy atom. The van der Waals surface area contributed by atoms with Crippen LogP contribution in [0.4, 0.5) is 0 Å². The zero-order chi connectivity index (χ0) is 8.43. The lowest BCUT2D eigenvalue weighted by Crippen LogP contribution is -1.84. The number of carbonyl (C=O) groups is 1. The number of hydrogen-bond acceptors (Lipinski definition) is 1. The first-order valence-corrected chi connectivity index (χ1v) is 4.23. The van der Waals surface area contributed by atoms with Crippen molar-refractivity contribution in [3.8, 4) is 0 Å². The molecule has 58 valence electrons. The van der Waals surface area contributed by atoms with E-state index in [1.807, 2.05) is 13.0 Å². The SMILES string of the molecule is Cc1cc(Br)c(Cl)c(C=O)c1. The number of aldehydes is 1. The van der Waals surface area contributed by atoms with Gasteiger partial charge in [-0.05, 0) is 40.5 Å². The summed E-state index contributed by atoms with van der Waals surface area (Å²) in [6.07, 6.45) is 0.750. The van der Waals surface area contributed by atoms with E-state index in [9.17, 15) is 4.79 Å². The molecule has 0 aliphatic heterocycles. The van der Waals surface area contributed by atoms with Crippen LogP contribution in [-0.2, 0) is 0 Å². The third kappa shape index (κ3) is 1.82. The summed E-state index contributed by atoms with van der Waals surface area (Å²) in [7, 11) is 0. The number of hydrogen-bond donors (Lipinski definition) is 0. The van der Waals surface area contributed by atoms with Crippen LogP contribution in [0.3, 0.4) is 0 Å². The molecular formula is C8H6BrClO. The van der Waals surface area contributed by atoms with Crippen LogP contribution in [0.25, 0.3) is 0 Å². The fourth-order valence-electron chi connectivity index (χ4n) is 0.837. The van der Waals surface area contributed by atoms with Crippen LogP contribution in [0.5, 0.6) is 0 Å². The maximum atomic E-state index is 10.4. The summed E-state index contributed by atoms with van der Waals surface area (Å²) in [5.74, 6) is 0. The van der Waals surface area contributed by atoms with E-state index in [4.69, 9.17) is 11.6 Å². The minimum absolute atomic E-state index is 0.477. The molecule has 0 radical (unpaired) electrons. The third-order valence-corrected chi connectivity index (χ3v) is 2.60. The highest BCUT2D eigenvalue weighted by Crippen LogP contribution is 2.26. The average Bonchev–Trinajstić information content (AvgIpc) is 1.96. The van der Waals surface area contributed by atoms with Gasteiger partial charge >= 0.3 is 0 Å². The van der Waals surface area contributed by atoms with Crippen molar-refractivity contribution in [2.75, 3.05) is 0 Å². The van der Waals surface area contributed by atoms with Gasteiger partial charge in [0.2, 0.25) is 0 Å². The van der Waals surface area contributed by atoms with Crippen molar-refractivity contribution in [3.05, 3.63) is 32.8 Å². The Hall–Kier alpha value is -0.340. The molecule has 0 aliphatic rings. The highest BCUT2D eigenvalue weighted by atomic mass is 79.9. The first kappa shape index (κ1) is 8.75. The van der Waals surface area contributed by atoms with Crippen LogP contribution >= 0.6 is 27.5 Å². The van der Waals surface area contributed by atoms with Crippen molar-refractivity contribution in [2.24, 2.45) is 0 Å². The second-order valence-corrected chi connectivity index (χ2v) is 3.50. The van der Waals surface area contributed by atoms with E-state index in [-0.39, 0.29) is 0 Å². The minimum atomic E-state index is 0.477. The van der Waals surface area contributed by atoms with E-state index >= 15 is 0 Å². The lowest BCUT2D eigenvalue weighted by atomic mass is 10.2. The number of benzene rings is 1. The molecule has 0 unspecified atom stereocenters. The van der Waals surface area contributed by atoms with Crippen LogP contribution in [0.2, 0.25) is 5.02 Å². The molecule has 0 saturated heterocycles. The van der Waals surface area contributed by atoms with Crippen LogP contribution in [0.15, 0.2) is 16.6 Å². The number of aryl methyl sites for hydroxylation is 1. The predicted octanol–water partition coefficient (Wildman–Crippen LogP) is 3.22. The van der Waals surface area contributed by atoms with Crippen molar-refractivity contribution in [2.45, 2.75) is 6.92 Å². The van der Waals surface area contributed by atoms with Crippen LogP contribution in [0, 0.1) is 6.92 Å². The van der Waals surface area contributed by atoms with Crippen molar-refractivity contribution in [1.29, 1.82) is 0 Å². The van der Waals surface area contributed by atoms with E-state index in [2.05, 4.69) is 15.9 Å². The largest absolute Gasteiger partial charge is 0.298 e. The summed E-state index contributed by atoms with van der Waals surface area (Å²) < 4.78 is 0.765. The molecule has 11 heavy (non-hydrogen) atoms. The predicted molar refractivity (Wildman–Crippen MR) is 49.3 cm³/mol. The molecule has 0 N–H and O–H groups in total. The number of carbonyl (C=O) groups excluding carboxylic acids is 1. The van der Waals surface area contributed by atoms with Gasteiger partial charge in [0.05, 0.1) is 5.02 Å². The maximum Gasteiger partial charge on any atom is 0.151 e. The van der Waals surface area contributed by atoms with Crippen molar-refractivity contribution < 1.29 is 4.79 Å². The van der Waals surface area contributed by atoms with Gasteiger partial charge in [0, 0.05) is 10.0 Å². The first-order chi connectivity index (χ1) is 5.15. The Morgan fingerprint density at radius 3 is 2.73 bits per heavy atom. The summed E-state index contributed by atoms with van der Waals surface area (Å²) in [4.78, 5) is 10.4. The van der Waals surface area contributed by atoms with Gasteiger partial charge in [-0.25, -0.2) is 0 Å². The van der Waals surface area contributed by atoms with Gasteiger partial charge < -0.3 is 0 Å². The smallest absolute Gasteiger partial charge is 0.151 e. The van der Waals surface area contributed by atoms with Gasteiger partial charge in [-0.1, -0.05) is 11.6 Å². The molecule has 0 fully saturated rings. The van der Waals surface area contributed by atoms with Crippen LogP contribution in [-0.4, -0.2) is 6.29 Å². The number of halogens is 2. The second-order valence-electron chi connectivity index (χ2n) is 2.27. The quantitative estimate of drug-likeness (QED) is 0.681. The summed E-state index contributed by atoms with van der Waals surface area (Å²) >= 11 is 9.03. The molecule has 0 bridgehead atoms. The summed E-state index contributed by atoms with van der Waals surface area (Å²) in [6, 6.07) is 3.62. The molecule has 1 aromatic carbocycles. The molecular weight excluding hydrogens is 227 g/mol. The van der Waals surface area contributed by atoms with Crippen LogP contribution in [0.1, 0.15) is 15.9 Å². The molecule has 1 nitrogen and oxygen atoms in total. The molecule has 1 aromatic rings. The Kier molecular flexibility index (Phi) is 2.68. The second kappa shape index (κ2) is 3.37. The molecule has 0 spiro atoms. The fraction of sp³-hybridized carbons (Fsp3) is 0.125. The molecule has 0 saturated carbocycles. The van der Waals surface area contributed by atoms with Crippen molar-refractivity contribution in [3.63, 3.8) is 0 Å². The number of rotatable bonds is 1. The molecule has 0 atom stereocenters. The van der Waals surface area contributed by atoms with Gasteiger partial charge in [-0.15, -0.1) is 0 Å². The van der Waals surface area contributed by atoms with E-state index in [1.165, 1.54) is 0 Å². The molecule has 0 amide bonds. The lowest BCUT2D eigenvalue weighted by molar-refractivity contribution is 0.112. The Balaban J connectivity index is 3.35. The van der Waals surface area contributed by atoms with Gasteiger partial charge in [0.1, 0.15) is 0 Å². The first-order valence-electron chi connectivity index (χ1n) is 3.06. The highest BCUT2D eigenvalue weighted by Gasteiger charge is 2.03.